The van der Waals surface area contributed by atoms with Gasteiger partial charge in [0.05, 0.1) is 6.10 Å². The molecule has 2 heterocycles. The molecular formula is C17H22N4O3. The van der Waals surface area contributed by atoms with Crippen LogP contribution in [0.15, 0.2) is 34.9 Å². The second-order valence-corrected chi connectivity index (χ2v) is 6.13. The fraction of sp³-hybridized carbons (Fsp3) is 0.471. The van der Waals surface area contributed by atoms with E-state index in [0.29, 0.717) is 24.9 Å². The number of likely N-dealkylation sites (tertiary alicyclic amines) is 1. The Hall–Kier alpha value is -2.57. The summed E-state index contributed by atoms with van der Waals surface area (Å²) >= 11 is 0. The summed E-state index contributed by atoms with van der Waals surface area (Å²) in [6.45, 7) is 5.03. The average molecular weight is 330 g/mol. The number of nitrogens with one attached hydrogen (secondary N) is 1. The molecule has 1 N–H and O–H groups in total. The first-order valence-corrected chi connectivity index (χ1v) is 8.23. The molecule has 1 fully saturated rings. The Labute approximate surface area is 141 Å². The van der Waals surface area contributed by atoms with Gasteiger partial charge in [-0.3, -0.25) is 0 Å². The molecule has 24 heavy (non-hydrogen) atoms. The summed E-state index contributed by atoms with van der Waals surface area (Å²) in [6, 6.07) is 9.87. The topological polar surface area (TPSA) is 80.5 Å². The summed E-state index contributed by atoms with van der Waals surface area (Å²) in [5.41, 5.74) is 0.893. The molecule has 0 unspecified atom stereocenters. The number of amides is 1. The van der Waals surface area contributed by atoms with Crippen molar-refractivity contribution in [1.29, 1.82) is 0 Å². The number of hydrogen-bond acceptors (Lipinski definition) is 6. The van der Waals surface area contributed by atoms with Gasteiger partial charge >= 0.3 is 6.09 Å². The Balaban J connectivity index is 1.52. The molecule has 1 aliphatic rings. The smallest absolute Gasteiger partial charge is 0.410 e. The quantitative estimate of drug-likeness (QED) is 0.927. The van der Waals surface area contributed by atoms with Gasteiger partial charge in [-0.05, 0) is 44.0 Å². The maximum atomic E-state index is 11.9. The largest absolute Gasteiger partial charge is 0.447 e. The van der Waals surface area contributed by atoms with Crippen LogP contribution in [0.5, 0.6) is 0 Å². The molecule has 7 heteroatoms. The van der Waals surface area contributed by atoms with Crippen LogP contribution in [0.2, 0.25) is 0 Å². The fourth-order valence-corrected chi connectivity index (χ4v) is 2.65. The molecule has 0 radical (unpaired) electrons. The molecule has 128 valence electrons. The van der Waals surface area contributed by atoms with Crippen LogP contribution in [0.3, 0.4) is 0 Å². The highest BCUT2D eigenvalue weighted by Crippen LogP contribution is 2.20. The molecule has 1 aromatic heterocycles. The van der Waals surface area contributed by atoms with E-state index in [2.05, 4.69) is 15.5 Å². The first-order chi connectivity index (χ1) is 11.6. The van der Waals surface area contributed by atoms with E-state index in [4.69, 9.17) is 9.26 Å². The number of nitrogens with zero attached hydrogens (tertiary/aromatic N) is 3. The number of piperidine rings is 1. The number of rotatable bonds is 4. The molecule has 1 saturated heterocycles. The van der Waals surface area contributed by atoms with E-state index in [1.165, 1.54) is 0 Å². The van der Waals surface area contributed by atoms with Gasteiger partial charge in [0, 0.05) is 24.7 Å². The number of carbonyl (C=O) groups excluding carboxylic acids is 1. The van der Waals surface area contributed by atoms with Crippen molar-refractivity contribution in [2.45, 2.75) is 38.8 Å². The van der Waals surface area contributed by atoms with Gasteiger partial charge in [0.15, 0.2) is 0 Å². The second-order valence-electron chi connectivity index (χ2n) is 6.13. The number of hydrogen-bond donors (Lipinski definition) is 1. The Morgan fingerprint density at radius 1 is 1.29 bits per heavy atom. The minimum Gasteiger partial charge on any atom is -0.447 e. The molecule has 0 bridgehead atoms. The van der Waals surface area contributed by atoms with Crippen LogP contribution in [-0.4, -0.2) is 46.4 Å². The van der Waals surface area contributed by atoms with Gasteiger partial charge in [-0.1, -0.05) is 18.2 Å². The molecule has 3 rings (SSSR count). The lowest BCUT2D eigenvalue weighted by molar-refractivity contribution is 0.0701. The van der Waals surface area contributed by atoms with Crippen molar-refractivity contribution in [3.05, 3.63) is 30.3 Å². The lowest BCUT2D eigenvalue weighted by atomic mass is 10.1. The number of aromatic nitrogens is 2. The lowest BCUT2D eigenvalue weighted by Gasteiger charge is -2.31. The third-order valence-electron chi connectivity index (χ3n) is 3.87. The van der Waals surface area contributed by atoms with Crippen LogP contribution in [-0.2, 0) is 4.74 Å². The molecule has 0 spiro atoms. The van der Waals surface area contributed by atoms with Gasteiger partial charge in [-0.2, -0.15) is 4.98 Å². The lowest BCUT2D eigenvalue weighted by Crippen LogP contribution is -2.43. The molecule has 2 aromatic rings. The van der Waals surface area contributed by atoms with E-state index in [1.54, 1.807) is 4.90 Å². The van der Waals surface area contributed by atoms with E-state index in [1.807, 2.05) is 44.2 Å². The first-order valence-electron chi connectivity index (χ1n) is 8.23. The van der Waals surface area contributed by atoms with Gasteiger partial charge in [-0.25, -0.2) is 4.79 Å². The highest BCUT2D eigenvalue weighted by atomic mass is 16.6. The molecular weight excluding hydrogens is 308 g/mol. The Morgan fingerprint density at radius 3 is 2.67 bits per heavy atom. The van der Waals surface area contributed by atoms with Crippen LogP contribution in [0.1, 0.15) is 26.7 Å². The third kappa shape index (κ3) is 4.04. The van der Waals surface area contributed by atoms with Gasteiger partial charge in [-0.15, -0.1) is 0 Å². The standard InChI is InChI=1S/C17H22N4O3/c1-12(2)23-17(22)21-10-8-14(9-11-21)18-16-19-15(24-20-16)13-6-4-3-5-7-13/h3-7,12,14H,8-11H2,1-2H3,(H,18,20). The predicted octanol–water partition coefficient (Wildman–Crippen LogP) is 3.16. The van der Waals surface area contributed by atoms with E-state index in [9.17, 15) is 4.79 Å². The average Bonchev–Trinajstić information content (AvgIpc) is 3.04. The molecule has 0 aliphatic carbocycles. The predicted molar refractivity (Wildman–Crippen MR) is 89.6 cm³/mol. The van der Waals surface area contributed by atoms with Crippen LogP contribution in [0.4, 0.5) is 10.7 Å². The Morgan fingerprint density at radius 2 is 2.00 bits per heavy atom. The minimum atomic E-state index is -0.241. The normalized spacial score (nSPS) is 15.5. The first kappa shape index (κ1) is 16.3. The zero-order valence-electron chi connectivity index (χ0n) is 13.9. The van der Waals surface area contributed by atoms with Crippen LogP contribution < -0.4 is 5.32 Å². The zero-order chi connectivity index (χ0) is 16.9. The maximum Gasteiger partial charge on any atom is 0.410 e. The summed E-state index contributed by atoms with van der Waals surface area (Å²) in [4.78, 5) is 18.0. The highest BCUT2D eigenvalue weighted by molar-refractivity contribution is 5.67. The molecule has 0 saturated carbocycles. The molecule has 7 nitrogen and oxygen atoms in total. The summed E-state index contributed by atoms with van der Waals surface area (Å²) in [7, 11) is 0. The van der Waals surface area contributed by atoms with Crippen molar-refractivity contribution in [2.24, 2.45) is 0 Å². The molecule has 0 atom stereocenters. The molecule has 1 aliphatic heterocycles. The number of ether oxygens (including phenoxy) is 1. The Kier molecular flexibility index (Phi) is 4.98. The van der Waals surface area contributed by atoms with Gasteiger partial charge in [0.25, 0.3) is 11.8 Å². The van der Waals surface area contributed by atoms with E-state index < -0.39 is 0 Å². The summed E-state index contributed by atoms with van der Waals surface area (Å²) in [5.74, 6) is 0.980. The SMILES string of the molecule is CC(C)OC(=O)N1CCC(Nc2noc(-c3ccccc3)n2)CC1. The monoisotopic (exact) mass is 330 g/mol. The summed E-state index contributed by atoms with van der Waals surface area (Å²) in [5, 5.41) is 7.25. The van der Waals surface area contributed by atoms with Crippen LogP contribution in [0.25, 0.3) is 11.5 Å². The van der Waals surface area contributed by atoms with Crippen LogP contribution in [0, 0.1) is 0 Å². The van der Waals surface area contributed by atoms with Crippen molar-refractivity contribution >= 4 is 12.0 Å². The van der Waals surface area contributed by atoms with Crippen molar-refractivity contribution in [2.75, 3.05) is 18.4 Å². The zero-order valence-corrected chi connectivity index (χ0v) is 13.9. The van der Waals surface area contributed by atoms with Gasteiger partial charge in [0.1, 0.15) is 0 Å². The fourth-order valence-electron chi connectivity index (χ4n) is 2.65. The molecule has 1 aromatic carbocycles. The highest BCUT2D eigenvalue weighted by Gasteiger charge is 2.25. The van der Waals surface area contributed by atoms with Crippen molar-refractivity contribution in [3.63, 3.8) is 0 Å². The summed E-state index contributed by atoms with van der Waals surface area (Å²) in [6.07, 6.45) is 1.31. The van der Waals surface area contributed by atoms with Gasteiger partial charge < -0.3 is 19.5 Å². The molecule has 1 amide bonds. The maximum absolute atomic E-state index is 11.9. The van der Waals surface area contributed by atoms with Crippen molar-refractivity contribution in [1.82, 2.24) is 15.0 Å². The van der Waals surface area contributed by atoms with Crippen molar-refractivity contribution < 1.29 is 14.1 Å². The van der Waals surface area contributed by atoms with E-state index in [-0.39, 0.29) is 18.2 Å². The van der Waals surface area contributed by atoms with E-state index >= 15 is 0 Å². The Bertz CT molecular complexity index is 663. The minimum absolute atomic E-state index is 0.0934. The van der Waals surface area contributed by atoms with Crippen molar-refractivity contribution in [3.8, 4) is 11.5 Å². The van der Waals surface area contributed by atoms with Crippen LogP contribution >= 0.6 is 0 Å². The summed E-state index contributed by atoms with van der Waals surface area (Å²) < 4.78 is 10.5. The third-order valence-corrected chi connectivity index (χ3v) is 3.87. The number of carbonyl (C=O) groups is 1. The van der Waals surface area contributed by atoms with Gasteiger partial charge in [0.2, 0.25) is 0 Å². The number of anilines is 1. The van der Waals surface area contributed by atoms with E-state index in [0.717, 1.165) is 18.4 Å². The number of benzene rings is 1. The second kappa shape index (κ2) is 7.33.